The van der Waals surface area contributed by atoms with Crippen LogP contribution in [0, 0.1) is 0 Å². The molecule has 0 aliphatic carbocycles. The van der Waals surface area contributed by atoms with Gasteiger partial charge in [0.15, 0.2) is 63.6 Å². The Hall–Kier alpha value is -9.34. The highest BCUT2D eigenvalue weighted by Gasteiger charge is 2.44. The molecule has 8 rings (SSSR count). The standard InChI is InChI=1S/C44H34O22/c45-15-6-23(48)20-12-32(64-42(61)13-1-24(49)35(55)25(50)2-13)41(63-30(20)7-15)34-18(11-29(54)38(58)40(34)60)17-10-28(53)37(57)39(59)33(17)21-9-19-22(47)5-16(46)8-31(19)65-44(21)66-43(62)14-3-26(51)36(56)27(52)4-14/h1-8,10-11,21,32,41,44-60H,9,12H2. The van der Waals surface area contributed by atoms with Gasteiger partial charge in [-0.3, -0.25) is 0 Å². The van der Waals surface area contributed by atoms with Gasteiger partial charge in [0, 0.05) is 52.9 Å². The van der Waals surface area contributed by atoms with E-state index in [0.717, 1.165) is 48.5 Å². The van der Waals surface area contributed by atoms with Crippen LogP contribution in [0.3, 0.4) is 0 Å². The van der Waals surface area contributed by atoms with Crippen LogP contribution in [0.4, 0.5) is 0 Å². The average Bonchev–Trinajstić information content (AvgIpc) is 3.25. The Morgan fingerprint density at radius 2 is 0.833 bits per heavy atom. The summed E-state index contributed by atoms with van der Waals surface area (Å²) >= 11 is 0. The lowest BCUT2D eigenvalue weighted by Gasteiger charge is -2.37. The van der Waals surface area contributed by atoms with Crippen molar-refractivity contribution < 1.29 is 110 Å². The van der Waals surface area contributed by atoms with Crippen molar-refractivity contribution in [1.29, 1.82) is 0 Å². The van der Waals surface area contributed by atoms with Crippen LogP contribution in [-0.4, -0.2) is 106 Å². The monoisotopic (exact) mass is 914 g/mol. The zero-order valence-corrected chi connectivity index (χ0v) is 33.1. The number of hydrogen-bond donors (Lipinski definition) is 16. The van der Waals surface area contributed by atoms with Crippen LogP contribution in [0.1, 0.15) is 55.0 Å². The van der Waals surface area contributed by atoms with E-state index in [-0.39, 0.29) is 22.6 Å². The molecule has 2 aliphatic rings. The molecule has 0 radical (unpaired) electrons. The molecule has 16 N–H and O–H groups in total. The molecule has 0 bridgehead atoms. The lowest BCUT2D eigenvalue weighted by molar-refractivity contribution is -0.0707. The number of carbonyl (C=O) groups excluding carboxylic acids is 2. The largest absolute Gasteiger partial charge is 0.508 e. The second kappa shape index (κ2) is 15.8. The Labute approximate surface area is 367 Å². The van der Waals surface area contributed by atoms with E-state index >= 15 is 0 Å². The van der Waals surface area contributed by atoms with Gasteiger partial charge in [-0.25, -0.2) is 9.59 Å². The lowest BCUT2D eigenvalue weighted by atomic mass is 9.80. The van der Waals surface area contributed by atoms with E-state index < -0.39 is 175 Å². The highest BCUT2D eigenvalue weighted by molar-refractivity contribution is 5.92. The van der Waals surface area contributed by atoms with Gasteiger partial charge in [-0.1, -0.05) is 0 Å². The molecule has 66 heavy (non-hydrogen) atoms. The summed E-state index contributed by atoms with van der Waals surface area (Å²) in [6.45, 7) is 0. The molecule has 0 saturated heterocycles. The number of carbonyl (C=O) groups is 2. The fourth-order valence-corrected chi connectivity index (χ4v) is 7.84. The summed E-state index contributed by atoms with van der Waals surface area (Å²) in [4.78, 5) is 27.3. The number of aromatic hydroxyl groups is 16. The molecule has 4 atom stereocenters. The Morgan fingerprint density at radius 1 is 0.424 bits per heavy atom. The van der Waals surface area contributed by atoms with Crippen LogP contribution < -0.4 is 9.47 Å². The average molecular weight is 915 g/mol. The quantitative estimate of drug-likeness (QED) is 0.0777. The molecule has 0 amide bonds. The van der Waals surface area contributed by atoms with Crippen LogP contribution in [0.2, 0.25) is 0 Å². The minimum absolute atomic E-state index is 0.0910. The third kappa shape index (κ3) is 7.32. The highest BCUT2D eigenvalue weighted by atomic mass is 16.7. The number of rotatable bonds is 7. The zero-order valence-electron chi connectivity index (χ0n) is 33.1. The van der Waals surface area contributed by atoms with E-state index in [1.165, 1.54) is 0 Å². The van der Waals surface area contributed by atoms with Crippen molar-refractivity contribution in [3.63, 3.8) is 0 Å². The molecule has 0 spiro atoms. The molecule has 2 aliphatic heterocycles. The molecule has 342 valence electrons. The molecule has 0 saturated carbocycles. The predicted molar refractivity (Wildman–Crippen MR) is 217 cm³/mol. The number of fused-ring (bicyclic) bond motifs is 2. The van der Waals surface area contributed by atoms with Crippen molar-refractivity contribution in [2.24, 2.45) is 0 Å². The predicted octanol–water partition coefficient (Wildman–Crippen LogP) is 4.45. The fourth-order valence-electron chi connectivity index (χ4n) is 7.84. The van der Waals surface area contributed by atoms with E-state index in [9.17, 15) is 91.3 Å². The van der Waals surface area contributed by atoms with Gasteiger partial charge in [0.1, 0.15) is 40.6 Å². The zero-order chi connectivity index (χ0) is 47.8. The molecule has 0 aromatic heterocycles. The van der Waals surface area contributed by atoms with E-state index in [2.05, 4.69) is 0 Å². The maximum absolute atomic E-state index is 13.7. The summed E-state index contributed by atoms with van der Waals surface area (Å²) in [5.41, 5.74) is -3.58. The lowest BCUT2D eigenvalue weighted by Crippen LogP contribution is -2.36. The number of benzene rings is 6. The second-order valence-electron chi connectivity index (χ2n) is 15.1. The van der Waals surface area contributed by atoms with Gasteiger partial charge in [0.25, 0.3) is 6.29 Å². The van der Waals surface area contributed by atoms with Crippen molar-refractivity contribution in [2.75, 3.05) is 0 Å². The summed E-state index contributed by atoms with van der Waals surface area (Å²) in [5, 5.41) is 170. The van der Waals surface area contributed by atoms with Gasteiger partial charge in [0.2, 0.25) is 11.5 Å². The highest BCUT2D eigenvalue weighted by Crippen LogP contribution is 2.57. The van der Waals surface area contributed by atoms with Gasteiger partial charge < -0.3 is 101 Å². The van der Waals surface area contributed by atoms with Crippen molar-refractivity contribution >= 4 is 11.9 Å². The summed E-state index contributed by atoms with van der Waals surface area (Å²) in [6.07, 6.45) is -6.77. The number of phenolic OH excluding ortho intramolecular Hbond substituents is 16. The Morgan fingerprint density at radius 3 is 1.33 bits per heavy atom. The van der Waals surface area contributed by atoms with E-state index in [4.69, 9.17) is 18.9 Å². The summed E-state index contributed by atoms with van der Waals surface area (Å²) < 4.78 is 23.5. The SMILES string of the molecule is O=C(OC1Cc2c(O)cc(O)cc2OC1c1c(-c2cc(O)c(O)c(O)c2C2Cc3c(O)cc(O)cc3OC2OC(=O)c2cc(O)c(O)c(O)c2)cc(O)c(O)c1O)c1cc(O)c(O)c(O)c1. The molecule has 0 fully saturated rings. The number of esters is 2. The minimum atomic E-state index is -2.02. The summed E-state index contributed by atoms with van der Waals surface area (Å²) in [5.74, 6) is -19.9. The second-order valence-corrected chi connectivity index (χ2v) is 15.1. The first-order valence-electron chi connectivity index (χ1n) is 19.0. The van der Waals surface area contributed by atoms with Gasteiger partial charge in [-0.05, 0) is 53.9 Å². The van der Waals surface area contributed by atoms with Crippen LogP contribution in [0.5, 0.6) is 103 Å². The Kier molecular flexibility index (Phi) is 10.4. The van der Waals surface area contributed by atoms with Crippen LogP contribution in [-0.2, 0) is 22.3 Å². The van der Waals surface area contributed by atoms with Gasteiger partial charge >= 0.3 is 11.9 Å². The summed E-state index contributed by atoms with van der Waals surface area (Å²) in [7, 11) is 0. The molecule has 4 unspecified atom stereocenters. The van der Waals surface area contributed by atoms with Crippen molar-refractivity contribution in [1.82, 2.24) is 0 Å². The fraction of sp³-hybridized carbons (Fsp3) is 0.136. The topological polar surface area (TPSA) is 395 Å². The summed E-state index contributed by atoms with van der Waals surface area (Å²) in [6, 6.07) is 8.28. The van der Waals surface area contributed by atoms with Crippen LogP contribution in [0.25, 0.3) is 11.1 Å². The third-order valence-electron chi connectivity index (χ3n) is 11.0. The Balaban J connectivity index is 1.34. The Bertz CT molecular complexity index is 2990. The first kappa shape index (κ1) is 43.3. The maximum atomic E-state index is 13.7. The van der Waals surface area contributed by atoms with Gasteiger partial charge in [-0.15, -0.1) is 0 Å². The smallest absolute Gasteiger partial charge is 0.341 e. The van der Waals surface area contributed by atoms with Gasteiger partial charge in [-0.2, -0.15) is 0 Å². The van der Waals surface area contributed by atoms with Crippen molar-refractivity contribution in [3.05, 3.63) is 94.0 Å². The van der Waals surface area contributed by atoms with Crippen molar-refractivity contribution in [3.8, 4) is 115 Å². The minimum Gasteiger partial charge on any atom is -0.508 e. The molecule has 2 heterocycles. The molecule has 22 heteroatoms. The van der Waals surface area contributed by atoms with Crippen LogP contribution >= 0.6 is 0 Å². The first-order valence-corrected chi connectivity index (χ1v) is 19.0. The van der Waals surface area contributed by atoms with Gasteiger partial charge in [0.05, 0.1) is 17.0 Å². The molecular formula is C44H34O22. The maximum Gasteiger partial charge on any atom is 0.341 e. The van der Waals surface area contributed by atoms with E-state index in [1.807, 2.05) is 0 Å². The molecule has 22 nitrogen and oxygen atoms in total. The normalized spacial score (nSPS) is 17.4. The number of phenols is 16. The third-order valence-corrected chi connectivity index (χ3v) is 11.0. The van der Waals surface area contributed by atoms with E-state index in [1.54, 1.807) is 0 Å². The van der Waals surface area contributed by atoms with E-state index in [0.29, 0.717) is 12.1 Å². The van der Waals surface area contributed by atoms with Crippen molar-refractivity contribution in [2.45, 2.75) is 37.3 Å². The molecule has 6 aromatic carbocycles. The number of ether oxygens (including phenoxy) is 4. The molecule has 6 aromatic rings. The number of hydrogen-bond acceptors (Lipinski definition) is 22. The first-order chi connectivity index (χ1) is 31.1. The molecular weight excluding hydrogens is 880 g/mol. The van der Waals surface area contributed by atoms with Crippen LogP contribution in [0.15, 0.2) is 60.7 Å².